The molecule has 1 N–H and O–H groups in total. The lowest BCUT2D eigenvalue weighted by molar-refractivity contribution is 0.339. The van der Waals surface area contributed by atoms with Crippen LogP contribution >= 0.6 is 0 Å². The molecule has 0 saturated heterocycles. The monoisotopic (exact) mass is 291 g/mol. The first-order valence-electron chi connectivity index (χ1n) is 7.08. The molecule has 0 saturated carbocycles. The second-order valence-electron chi connectivity index (χ2n) is 4.73. The summed E-state index contributed by atoms with van der Waals surface area (Å²) >= 11 is 0. The zero-order valence-corrected chi connectivity index (χ0v) is 12.2. The normalized spacial score (nSPS) is 12.0. The number of ether oxygens (including phenoxy) is 1. The fraction of sp³-hybridized carbons (Fsp3) is 0.294. The fourth-order valence-electron chi connectivity index (χ4n) is 2.19. The Labute approximate surface area is 123 Å². The van der Waals surface area contributed by atoms with Gasteiger partial charge in [0.2, 0.25) is 0 Å². The van der Waals surface area contributed by atoms with Crippen molar-refractivity contribution in [2.45, 2.75) is 26.3 Å². The molecule has 4 heteroatoms. The maximum Gasteiger partial charge on any atom is 0.145 e. The van der Waals surface area contributed by atoms with Crippen LogP contribution in [0.4, 0.5) is 14.5 Å². The largest absolute Gasteiger partial charge is 0.492 e. The molecule has 0 aliphatic carbocycles. The van der Waals surface area contributed by atoms with Crippen LogP contribution in [0.15, 0.2) is 42.5 Å². The molecule has 0 amide bonds. The van der Waals surface area contributed by atoms with Crippen LogP contribution in [-0.2, 0) is 0 Å². The summed E-state index contributed by atoms with van der Waals surface area (Å²) in [6.45, 7) is 4.35. The minimum absolute atomic E-state index is 0.00951. The van der Waals surface area contributed by atoms with Crippen LogP contribution in [0.3, 0.4) is 0 Å². The first-order chi connectivity index (χ1) is 10.1. The number of anilines is 1. The average Bonchev–Trinajstić information content (AvgIpc) is 2.48. The van der Waals surface area contributed by atoms with Crippen LogP contribution in [0, 0.1) is 11.6 Å². The van der Waals surface area contributed by atoms with Gasteiger partial charge in [0.25, 0.3) is 0 Å². The molecule has 21 heavy (non-hydrogen) atoms. The second kappa shape index (κ2) is 7.07. The lowest BCUT2D eigenvalue weighted by Gasteiger charge is -2.21. The zero-order chi connectivity index (χ0) is 15.2. The van der Waals surface area contributed by atoms with Crippen LogP contribution in [-0.4, -0.2) is 6.61 Å². The third-order valence-electron chi connectivity index (χ3n) is 3.25. The molecule has 0 heterocycles. The quantitative estimate of drug-likeness (QED) is 0.815. The Morgan fingerprint density at radius 2 is 1.67 bits per heavy atom. The van der Waals surface area contributed by atoms with Gasteiger partial charge in [0.1, 0.15) is 17.4 Å². The summed E-state index contributed by atoms with van der Waals surface area (Å²) in [5.41, 5.74) is 1.71. The lowest BCUT2D eigenvalue weighted by Crippen LogP contribution is -2.11. The molecule has 0 aromatic heterocycles. The van der Waals surface area contributed by atoms with Crippen LogP contribution < -0.4 is 10.1 Å². The maximum absolute atomic E-state index is 13.3. The predicted molar refractivity (Wildman–Crippen MR) is 80.6 cm³/mol. The van der Waals surface area contributed by atoms with Crippen molar-refractivity contribution in [3.05, 3.63) is 59.7 Å². The highest BCUT2D eigenvalue weighted by Gasteiger charge is 2.13. The van der Waals surface area contributed by atoms with Gasteiger partial charge < -0.3 is 10.1 Å². The van der Waals surface area contributed by atoms with E-state index in [4.69, 9.17) is 4.74 Å². The molecule has 2 nitrogen and oxygen atoms in total. The van der Waals surface area contributed by atoms with Gasteiger partial charge in [-0.05, 0) is 43.2 Å². The Hall–Kier alpha value is -2.10. The van der Waals surface area contributed by atoms with E-state index in [0.717, 1.165) is 17.7 Å². The molecule has 0 radical (unpaired) electrons. The SMILES string of the molecule is CCOc1cc(F)ccc1NC(CC)c1ccc(F)cc1. The van der Waals surface area contributed by atoms with Crippen molar-refractivity contribution in [3.8, 4) is 5.75 Å². The first kappa shape index (κ1) is 15.3. The van der Waals surface area contributed by atoms with Gasteiger partial charge in [-0.1, -0.05) is 19.1 Å². The van der Waals surface area contributed by atoms with Crippen molar-refractivity contribution in [2.24, 2.45) is 0 Å². The minimum atomic E-state index is -0.334. The molecule has 2 aromatic carbocycles. The first-order valence-corrected chi connectivity index (χ1v) is 7.08. The Balaban J connectivity index is 2.24. The van der Waals surface area contributed by atoms with Crippen LogP contribution in [0.2, 0.25) is 0 Å². The van der Waals surface area contributed by atoms with Crippen molar-refractivity contribution in [3.63, 3.8) is 0 Å². The molecule has 2 rings (SSSR count). The molecule has 0 spiro atoms. The molecule has 0 bridgehead atoms. The Morgan fingerprint density at radius 1 is 1.00 bits per heavy atom. The van der Waals surface area contributed by atoms with Gasteiger partial charge in [-0.15, -0.1) is 0 Å². The number of nitrogens with one attached hydrogen (secondary N) is 1. The van der Waals surface area contributed by atoms with Gasteiger partial charge in [0.15, 0.2) is 0 Å². The molecular weight excluding hydrogens is 272 g/mol. The topological polar surface area (TPSA) is 21.3 Å². The van der Waals surface area contributed by atoms with Crippen molar-refractivity contribution < 1.29 is 13.5 Å². The zero-order valence-electron chi connectivity index (χ0n) is 12.2. The highest BCUT2D eigenvalue weighted by atomic mass is 19.1. The molecule has 0 aliphatic rings. The predicted octanol–water partition coefficient (Wildman–Crippen LogP) is 4.93. The maximum atomic E-state index is 13.3. The summed E-state index contributed by atoms with van der Waals surface area (Å²) in [4.78, 5) is 0. The molecule has 1 unspecified atom stereocenters. The van der Waals surface area contributed by atoms with E-state index in [1.165, 1.54) is 24.3 Å². The summed E-state index contributed by atoms with van der Waals surface area (Å²) in [5.74, 6) is -0.109. The van der Waals surface area contributed by atoms with E-state index in [1.807, 2.05) is 13.8 Å². The molecule has 0 fully saturated rings. The van der Waals surface area contributed by atoms with E-state index in [2.05, 4.69) is 5.32 Å². The smallest absolute Gasteiger partial charge is 0.145 e. The number of hydrogen-bond donors (Lipinski definition) is 1. The molecule has 2 aromatic rings. The highest BCUT2D eigenvalue weighted by molar-refractivity contribution is 5.57. The van der Waals surface area contributed by atoms with Crippen molar-refractivity contribution in [2.75, 3.05) is 11.9 Å². The molecule has 1 atom stereocenters. The van der Waals surface area contributed by atoms with Gasteiger partial charge in [0, 0.05) is 6.07 Å². The van der Waals surface area contributed by atoms with Crippen molar-refractivity contribution >= 4 is 5.69 Å². The number of hydrogen-bond acceptors (Lipinski definition) is 2. The summed E-state index contributed by atoms with van der Waals surface area (Å²) in [6.07, 6.45) is 0.814. The standard InChI is InChI=1S/C17H19F2NO/c1-3-15(12-5-7-13(18)8-6-12)20-16-10-9-14(19)11-17(16)21-4-2/h5-11,15,20H,3-4H2,1-2H3. The molecular formula is C17H19F2NO. The fourth-order valence-corrected chi connectivity index (χ4v) is 2.19. The number of halogens is 2. The second-order valence-corrected chi connectivity index (χ2v) is 4.73. The third-order valence-corrected chi connectivity index (χ3v) is 3.25. The van der Waals surface area contributed by atoms with Gasteiger partial charge >= 0.3 is 0 Å². The average molecular weight is 291 g/mol. The van der Waals surface area contributed by atoms with Crippen LogP contribution in [0.25, 0.3) is 0 Å². The number of rotatable bonds is 6. The third kappa shape index (κ3) is 3.94. The highest BCUT2D eigenvalue weighted by Crippen LogP contribution is 2.30. The molecule has 112 valence electrons. The van der Waals surface area contributed by atoms with Gasteiger partial charge in [-0.3, -0.25) is 0 Å². The van der Waals surface area contributed by atoms with E-state index < -0.39 is 0 Å². The minimum Gasteiger partial charge on any atom is -0.492 e. The Kier molecular flexibility index (Phi) is 5.14. The van der Waals surface area contributed by atoms with Gasteiger partial charge in [-0.2, -0.15) is 0 Å². The number of benzene rings is 2. The summed E-state index contributed by atoms with van der Waals surface area (Å²) < 4.78 is 31.8. The van der Waals surface area contributed by atoms with Crippen LogP contribution in [0.5, 0.6) is 5.75 Å². The van der Waals surface area contributed by atoms with E-state index >= 15 is 0 Å². The summed E-state index contributed by atoms with van der Waals surface area (Å²) in [6, 6.07) is 10.8. The van der Waals surface area contributed by atoms with Crippen LogP contribution in [0.1, 0.15) is 31.9 Å². The Bertz CT molecular complexity index is 584. The van der Waals surface area contributed by atoms with Gasteiger partial charge in [0.05, 0.1) is 18.3 Å². The van der Waals surface area contributed by atoms with Crippen molar-refractivity contribution in [1.82, 2.24) is 0 Å². The van der Waals surface area contributed by atoms with Crippen molar-refractivity contribution in [1.29, 1.82) is 0 Å². The molecule has 0 aliphatic heterocycles. The summed E-state index contributed by atoms with van der Waals surface area (Å²) in [5, 5.41) is 3.33. The van der Waals surface area contributed by atoms with Gasteiger partial charge in [-0.25, -0.2) is 8.78 Å². The summed E-state index contributed by atoms with van der Waals surface area (Å²) in [7, 11) is 0. The van der Waals surface area contributed by atoms with E-state index in [-0.39, 0.29) is 17.7 Å². The van der Waals surface area contributed by atoms with E-state index in [1.54, 1.807) is 18.2 Å². The van der Waals surface area contributed by atoms with E-state index in [9.17, 15) is 8.78 Å². The lowest BCUT2D eigenvalue weighted by atomic mass is 10.0. The van der Waals surface area contributed by atoms with E-state index in [0.29, 0.717) is 12.4 Å². The Morgan fingerprint density at radius 3 is 2.29 bits per heavy atom.